The van der Waals surface area contributed by atoms with Crippen molar-refractivity contribution in [2.45, 2.75) is 27.7 Å². The second kappa shape index (κ2) is 22.5. The van der Waals surface area contributed by atoms with Crippen LogP contribution in [0.5, 0.6) is 0 Å². The molecule has 0 heterocycles. The van der Waals surface area contributed by atoms with E-state index in [0.717, 1.165) is 0 Å². The van der Waals surface area contributed by atoms with E-state index in [1.807, 2.05) is 58.0 Å². The van der Waals surface area contributed by atoms with Gasteiger partial charge in [-0.2, -0.15) is 36.4 Å². The standard InChI is InChI=1S/C6H5.2C2H6.W/c1-2-4-6-5-3-1;2*1-2;/h1-5H;2*1-2H3;/q-1;;;. The molecule has 0 aliphatic rings. The molecule has 1 aromatic rings. The van der Waals surface area contributed by atoms with E-state index in [9.17, 15) is 0 Å². The Labute approximate surface area is 85.3 Å². The summed E-state index contributed by atoms with van der Waals surface area (Å²) < 4.78 is 0. The summed E-state index contributed by atoms with van der Waals surface area (Å²) in [6, 6.07) is 12.5. The van der Waals surface area contributed by atoms with E-state index in [-0.39, 0.29) is 21.1 Å². The third-order valence-corrected chi connectivity index (χ3v) is 0.607. The molecular weight excluding hydrogens is 304 g/mol. The maximum absolute atomic E-state index is 2.89. The Hall–Kier alpha value is -0.0917. The zero-order valence-electron chi connectivity index (χ0n) is 7.79. The summed E-state index contributed by atoms with van der Waals surface area (Å²) >= 11 is 0. The largest absolute Gasteiger partial charge is 0.184 e. The van der Waals surface area contributed by atoms with Gasteiger partial charge in [0.15, 0.2) is 0 Å². The van der Waals surface area contributed by atoms with Gasteiger partial charge in [0.2, 0.25) is 0 Å². The minimum Gasteiger partial charge on any atom is -0.184 e. The zero-order chi connectivity index (χ0) is 8.24. The number of rotatable bonds is 0. The van der Waals surface area contributed by atoms with E-state index < -0.39 is 0 Å². The molecule has 1 heteroatoms. The first-order chi connectivity index (χ1) is 5.00. The van der Waals surface area contributed by atoms with Crippen LogP contribution in [0.4, 0.5) is 0 Å². The Morgan fingerprint density at radius 3 is 1.18 bits per heavy atom. The first kappa shape index (κ1) is 17.1. The Morgan fingerprint density at radius 1 is 0.727 bits per heavy atom. The third kappa shape index (κ3) is 17.8. The van der Waals surface area contributed by atoms with Gasteiger partial charge < -0.3 is 0 Å². The predicted molar refractivity (Wildman–Crippen MR) is 48.0 cm³/mol. The topological polar surface area (TPSA) is 0 Å². The van der Waals surface area contributed by atoms with Gasteiger partial charge in [0.1, 0.15) is 0 Å². The minimum atomic E-state index is 0. The molecule has 64 valence electrons. The molecule has 0 nitrogen and oxygen atoms in total. The fourth-order valence-corrected chi connectivity index (χ4v) is 0.342. The fraction of sp³-hybridized carbons (Fsp3) is 0.400. The van der Waals surface area contributed by atoms with Crippen LogP contribution in [0, 0.1) is 6.07 Å². The van der Waals surface area contributed by atoms with Gasteiger partial charge in [-0.25, -0.2) is 0 Å². The summed E-state index contributed by atoms with van der Waals surface area (Å²) in [5, 5.41) is 0. The Kier molecular flexibility index (Phi) is 35.1. The van der Waals surface area contributed by atoms with Crippen LogP contribution in [0.15, 0.2) is 30.3 Å². The number of hydrogen-bond acceptors (Lipinski definition) is 0. The molecule has 0 amide bonds. The fourth-order valence-electron chi connectivity index (χ4n) is 0.342. The smallest absolute Gasteiger partial charge is 0 e. The van der Waals surface area contributed by atoms with Crippen LogP contribution in [-0.2, 0) is 21.1 Å². The van der Waals surface area contributed by atoms with Crippen LogP contribution >= 0.6 is 0 Å². The quantitative estimate of drug-likeness (QED) is 0.641. The maximum Gasteiger partial charge on any atom is 0 e. The molecule has 0 atom stereocenters. The van der Waals surface area contributed by atoms with Crippen molar-refractivity contribution in [2.24, 2.45) is 0 Å². The minimum absolute atomic E-state index is 0. The first-order valence-corrected chi connectivity index (χ1v) is 3.91. The number of benzene rings is 1. The molecule has 0 unspecified atom stereocenters. The molecule has 11 heavy (non-hydrogen) atoms. The molecule has 0 bridgehead atoms. The van der Waals surface area contributed by atoms with Crippen molar-refractivity contribution in [2.75, 3.05) is 0 Å². The van der Waals surface area contributed by atoms with E-state index in [1.165, 1.54) is 0 Å². The van der Waals surface area contributed by atoms with Crippen molar-refractivity contribution in [3.05, 3.63) is 36.4 Å². The van der Waals surface area contributed by atoms with Crippen molar-refractivity contribution in [3.63, 3.8) is 0 Å². The number of hydrogen-bond donors (Lipinski definition) is 0. The molecule has 0 spiro atoms. The molecule has 0 aliphatic carbocycles. The summed E-state index contributed by atoms with van der Waals surface area (Å²) in [4.78, 5) is 0. The molecule has 0 saturated heterocycles. The van der Waals surface area contributed by atoms with Crippen LogP contribution in [0.25, 0.3) is 0 Å². The van der Waals surface area contributed by atoms with Gasteiger partial charge in [0.05, 0.1) is 0 Å². The molecule has 0 radical (unpaired) electrons. The first-order valence-electron chi connectivity index (χ1n) is 3.91. The van der Waals surface area contributed by atoms with Gasteiger partial charge in [-0.1, -0.05) is 27.7 Å². The van der Waals surface area contributed by atoms with E-state index in [2.05, 4.69) is 6.07 Å². The summed E-state index contributed by atoms with van der Waals surface area (Å²) in [5.74, 6) is 0. The van der Waals surface area contributed by atoms with E-state index in [0.29, 0.717) is 0 Å². The van der Waals surface area contributed by atoms with Crippen molar-refractivity contribution in [3.8, 4) is 0 Å². The van der Waals surface area contributed by atoms with Crippen molar-refractivity contribution in [1.29, 1.82) is 0 Å². The summed E-state index contributed by atoms with van der Waals surface area (Å²) in [7, 11) is 0. The molecule has 1 aromatic carbocycles. The van der Waals surface area contributed by atoms with E-state index in [4.69, 9.17) is 0 Å². The third-order valence-electron chi connectivity index (χ3n) is 0.607. The zero-order valence-corrected chi connectivity index (χ0v) is 10.7. The maximum atomic E-state index is 2.89. The second-order valence-corrected chi connectivity index (χ2v) is 1.08. The SMILES string of the molecule is CC.CC.[W].[c-]1ccccc1. The van der Waals surface area contributed by atoms with Gasteiger partial charge in [-0.15, -0.1) is 0 Å². The van der Waals surface area contributed by atoms with Crippen LogP contribution < -0.4 is 0 Å². The van der Waals surface area contributed by atoms with Crippen LogP contribution in [0.2, 0.25) is 0 Å². The summed E-state index contributed by atoms with van der Waals surface area (Å²) in [6.07, 6.45) is 0. The average molecular weight is 321 g/mol. The molecule has 0 N–H and O–H groups in total. The average Bonchev–Trinajstić information content (AvgIpc) is 2.14. The van der Waals surface area contributed by atoms with Crippen molar-refractivity contribution < 1.29 is 21.1 Å². The van der Waals surface area contributed by atoms with Crippen molar-refractivity contribution >= 4 is 0 Å². The molecule has 0 saturated carbocycles. The van der Waals surface area contributed by atoms with Gasteiger partial charge in [0.25, 0.3) is 0 Å². The van der Waals surface area contributed by atoms with E-state index in [1.54, 1.807) is 0 Å². The molecular formula is C10H17W-. The summed E-state index contributed by atoms with van der Waals surface area (Å²) in [6.45, 7) is 8.00. The Bertz CT molecular complexity index is 76.8. The van der Waals surface area contributed by atoms with Crippen LogP contribution in [0.1, 0.15) is 27.7 Å². The van der Waals surface area contributed by atoms with Gasteiger partial charge in [-0.3, -0.25) is 0 Å². The summed E-state index contributed by atoms with van der Waals surface area (Å²) in [5.41, 5.74) is 0. The molecule has 0 aromatic heterocycles. The monoisotopic (exact) mass is 321 g/mol. The molecule has 0 fully saturated rings. The normalized spacial score (nSPS) is 5.45. The van der Waals surface area contributed by atoms with Crippen LogP contribution in [-0.4, -0.2) is 0 Å². The van der Waals surface area contributed by atoms with Gasteiger partial charge in [0, 0.05) is 21.1 Å². The van der Waals surface area contributed by atoms with Crippen LogP contribution in [0.3, 0.4) is 0 Å². The van der Waals surface area contributed by atoms with Gasteiger partial charge >= 0.3 is 0 Å². The van der Waals surface area contributed by atoms with E-state index >= 15 is 0 Å². The van der Waals surface area contributed by atoms with Crippen molar-refractivity contribution in [1.82, 2.24) is 0 Å². The second-order valence-electron chi connectivity index (χ2n) is 1.08. The molecule has 1 rings (SSSR count). The van der Waals surface area contributed by atoms with Gasteiger partial charge in [-0.05, 0) is 0 Å². The Balaban J connectivity index is -0.000000114. The Morgan fingerprint density at radius 2 is 1.09 bits per heavy atom. The molecule has 0 aliphatic heterocycles. The predicted octanol–water partition coefficient (Wildman–Crippen LogP) is 3.54.